The number of carboxylic acids is 1. The van der Waals surface area contributed by atoms with E-state index in [4.69, 9.17) is 5.11 Å². The summed E-state index contributed by atoms with van der Waals surface area (Å²) in [7, 11) is 0. The molecule has 0 aliphatic rings. The Hall–Kier alpha value is -0.830. The smallest absolute Gasteiger partial charge is 0.303 e. The molecular formula is C18H34O3. The molecule has 1 atom stereocenters. The largest absolute Gasteiger partial charge is 0.481 e. The van der Waals surface area contributed by atoms with E-state index in [1.165, 1.54) is 12.8 Å². The van der Waals surface area contributed by atoms with Crippen LogP contribution in [0.5, 0.6) is 0 Å². The van der Waals surface area contributed by atoms with Crippen LogP contribution < -0.4 is 0 Å². The molecular weight excluding hydrogens is 264 g/mol. The van der Waals surface area contributed by atoms with Crippen molar-refractivity contribution < 1.29 is 15.0 Å². The third-order valence-electron chi connectivity index (χ3n) is 3.73. The summed E-state index contributed by atoms with van der Waals surface area (Å²) < 4.78 is 0. The quantitative estimate of drug-likeness (QED) is 0.327. The predicted molar refractivity (Wildman–Crippen MR) is 88.5 cm³/mol. The predicted octanol–water partition coefficient (Wildman–Crippen LogP) is 5.08. The average molecular weight is 298 g/mol. The first kappa shape index (κ1) is 20.2. The third-order valence-corrected chi connectivity index (χ3v) is 3.73. The van der Waals surface area contributed by atoms with E-state index in [2.05, 4.69) is 19.1 Å². The van der Waals surface area contributed by atoms with E-state index in [0.717, 1.165) is 64.2 Å². The number of aliphatic carboxylic acids is 1. The molecule has 0 fully saturated rings. The van der Waals surface area contributed by atoms with Gasteiger partial charge < -0.3 is 10.2 Å². The molecule has 124 valence electrons. The van der Waals surface area contributed by atoms with Gasteiger partial charge >= 0.3 is 5.97 Å². The number of hydrogen-bond donors (Lipinski definition) is 2. The molecule has 0 aromatic rings. The van der Waals surface area contributed by atoms with Crippen LogP contribution in [-0.2, 0) is 4.79 Å². The molecule has 3 nitrogen and oxygen atoms in total. The first-order valence-electron chi connectivity index (χ1n) is 8.71. The van der Waals surface area contributed by atoms with Gasteiger partial charge in [0.1, 0.15) is 0 Å². The summed E-state index contributed by atoms with van der Waals surface area (Å²) >= 11 is 0. The van der Waals surface area contributed by atoms with Crippen molar-refractivity contribution in [3.05, 3.63) is 12.2 Å². The Kier molecular flexibility index (Phi) is 14.9. The summed E-state index contributed by atoms with van der Waals surface area (Å²) in [6.45, 7) is 2.15. The third kappa shape index (κ3) is 17.1. The van der Waals surface area contributed by atoms with Crippen LogP contribution in [0.3, 0.4) is 0 Å². The van der Waals surface area contributed by atoms with Crippen molar-refractivity contribution in [3.63, 3.8) is 0 Å². The summed E-state index contributed by atoms with van der Waals surface area (Å²) in [4.78, 5) is 10.3. The van der Waals surface area contributed by atoms with Crippen LogP contribution in [0, 0.1) is 0 Å². The van der Waals surface area contributed by atoms with E-state index in [-0.39, 0.29) is 6.10 Å². The van der Waals surface area contributed by atoms with Crippen molar-refractivity contribution in [2.45, 2.75) is 96.5 Å². The van der Waals surface area contributed by atoms with E-state index >= 15 is 0 Å². The van der Waals surface area contributed by atoms with Crippen molar-refractivity contribution in [2.24, 2.45) is 0 Å². The topological polar surface area (TPSA) is 57.5 Å². The lowest BCUT2D eigenvalue weighted by Gasteiger charge is -2.07. The van der Waals surface area contributed by atoms with Crippen LogP contribution in [0.4, 0.5) is 0 Å². The maximum Gasteiger partial charge on any atom is 0.303 e. The fourth-order valence-corrected chi connectivity index (χ4v) is 2.36. The molecule has 0 heterocycles. The number of carbonyl (C=O) groups is 1. The second-order valence-corrected chi connectivity index (χ2v) is 5.90. The summed E-state index contributed by atoms with van der Waals surface area (Å²) in [6, 6.07) is 0. The number of unbranched alkanes of at least 4 members (excludes halogenated alkanes) is 7. The lowest BCUT2D eigenvalue weighted by Crippen LogP contribution is -2.05. The molecule has 0 rings (SSSR count). The Morgan fingerprint density at radius 2 is 1.48 bits per heavy atom. The average Bonchev–Trinajstić information content (AvgIpc) is 2.45. The molecule has 0 amide bonds. The first-order valence-corrected chi connectivity index (χ1v) is 8.71. The molecule has 21 heavy (non-hydrogen) atoms. The molecule has 0 radical (unpaired) electrons. The zero-order valence-electron chi connectivity index (χ0n) is 13.7. The van der Waals surface area contributed by atoms with Gasteiger partial charge in [-0.05, 0) is 44.9 Å². The van der Waals surface area contributed by atoms with E-state index in [1.807, 2.05) is 0 Å². The number of aliphatic hydroxyl groups excluding tert-OH is 1. The molecule has 1 unspecified atom stereocenters. The highest BCUT2D eigenvalue weighted by Crippen LogP contribution is 2.10. The van der Waals surface area contributed by atoms with Crippen LogP contribution in [0.2, 0.25) is 0 Å². The van der Waals surface area contributed by atoms with Crippen LogP contribution in [0.1, 0.15) is 90.4 Å². The second-order valence-electron chi connectivity index (χ2n) is 5.90. The van der Waals surface area contributed by atoms with Crippen LogP contribution in [-0.4, -0.2) is 22.3 Å². The Morgan fingerprint density at radius 1 is 0.905 bits per heavy atom. The zero-order valence-corrected chi connectivity index (χ0v) is 13.7. The summed E-state index contributed by atoms with van der Waals surface area (Å²) in [5.74, 6) is -0.683. The normalized spacial score (nSPS) is 12.9. The molecule has 0 aliphatic heterocycles. The minimum Gasteiger partial charge on any atom is -0.481 e. The van der Waals surface area contributed by atoms with Crippen molar-refractivity contribution in [1.82, 2.24) is 0 Å². The van der Waals surface area contributed by atoms with Gasteiger partial charge in [0.2, 0.25) is 0 Å². The summed E-state index contributed by atoms with van der Waals surface area (Å²) in [5.41, 5.74) is 0. The molecule has 2 N–H and O–H groups in total. The molecule has 0 aromatic heterocycles. The molecule has 0 bridgehead atoms. The van der Waals surface area contributed by atoms with Gasteiger partial charge in [0.05, 0.1) is 6.10 Å². The highest BCUT2D eigenvalue weighted by Gasteiger charge is 2.01. The van der Waals surface area contributed by atoms with Gasteiger partial charge in [-0.3, -0.25) is 4.79 Å². The fraction of sp³-hybridized carbons (Fsp3) is 0.833. The van der Waals surface area contributed by atoms with E-state index in [9.17, 15) is 9.90 Å². The number of aliphatic hydroxyl groups is 1. The standard InChI is InChI=1S/C18H34O3/c1-2-3-14-17(19)15-12-10-8-6-4-5-7-9-11-13-16-18(20)21/h6,8,17,19H,2-5,7,9-16H2,1H3,(H,20,21)/b8-6-. The minimum absolute atomic E-state index is 0.107. The summed E-state index contributed by atoms with van der Waals surface area (Å²) in [6.07, 6.45) is 17.5. The zero-order chi connectivity index (χ0) is 15.8. The maximum absolute atomic E-state index is 10.3. The summed E-state index contributed by atoms with van der Waals surface area (Å²) in [5, 5.41) is 18.2. The number of rotatable bonds is 15. The minimum atomic E-state index is -0.683. The van der Waals surface area contributed by atoms with Gasteiger partial charge in [0.25, 0.3) is 0 Å². The lowest BCUT2D eigenvalue weighted by molar-refractivity contribution is -0.137. The van der Waals surface area contributed by atoms with Crippen LogP contribution >= 0.6 is 0 Å². The first-order chi connectivity index (χ1) is 10.2. The van der Waals surface area contributed by atoms with Crippen molar-refractivity contribution in [3.8, 4) is 0 Å². The van der Waals surface area contributed by atoms with Gasteiger partial charge in [0.15, 0.2) is 0 Å². The SMILES string of the molecule is CCCCC(O)CCC/C=C\CCCCCCCC(=O)O. The second kappa shape index (κ2) is 15.6. The fourth-order valence-electron chi connectivity index (χ4n) is 2.36. The highest BCUT2D eigenvalue weighted by atomic mass is 16.4. The molecule has 0 saturated heterocycles. The number of hydrogen-bond acceptors (Lipinski definition) is 2. The van der Waals surface area contributed by atoms with E-state index in [1.54, 1.807) is 0 Å². The molecule has 3 heteroatoms. The molecule has 0 aromatic carbocycles. The number of allylic oxidation sites excluding steroid dienone is 2. The van der Waals surface area contributed by atoms with Crippen LogP contribution in [0.15, 0.2) is 12.2 Å². The molecule has 0 saturated carbocycles. The van der Waals surface area contributed by atoms with E-state index < -0.39 is 5.97 Å². The van der Waals surface area contributed by atoms with Crippen molar-refractivity contribution in [2.75, 3.05) is 0 Å². The van der Waals surface area contributed by atoms with Crippen LogP contribution in [0.25, 0.3) is 0 Å². The highest BCUT2D eigenvalue weighted by molar-refractivity contribution is 5.66. The Balaban J connectivity index is 3.20. The van der Waals surface area contributed by atoms with Gasteiger partial charge in [-0.15, -0.1) is 0 Å². The molecule has 0 aliphatic carbocycles. The Morgan fingerprint density at radius 3 is 2.14 bits per heavy atom. The Labute approximate surface area is 130 Å². The maximum atomic E-state index is 10.3. The van der Waals surface area contributed by atoms with Crippen molar-refractivity contribution in [1.29, 1.82) is 0 Å². The van der Waals surface area contributed by atoms with Gasteiger partial charge in [-0.2, -0.15) is 0 Å². The monoisotopic (exact) mass is 298 g/mol. The number of carboxylic acid groups (broad SMARTS) is 1. The lowest BCUT2D eigenvalue weighted by atomic mass is 10.1. The van der Waals surface area contributed by atoms with Gasteiger partial charge in [-0.1, -0.05) is 51.2 Å². The Bertz CT molecular complexity index is 261. The molecule has 0 spiro atoms. The van der Waals surface area contributed by atoms with Gasteiger partial charge in [-0.25, -0.2) is 0 Å². The van der Waals surface area contributed by atoms with Crippen molar-refractivity contribution >= 4 is 5.97 Å². The van der Waals surface area contributed by atoms with E-state index in [0.29, 0.717) is 6.42 Å². The van der Waals surface area contributed by atoms with Gasteiger partial charge in [0, 0.05) is 6.42 Å².